The number of hydrogen-bond acceptors (Lipinski definition) is 6. The van der Waals surface area contributed by atoms with Crippen LogP contribution in [0.1, 0.15) is 15.9 Å². The predicted octanol–water partition coefficient (Wildman–Crippen LogP) is 5.74. The molecule has 0 fully saturated rings. The molecule has 8 heteroatoms. The van der Waals surface area contributed by atoms with Crippen molar-refractivity contribution >= 4 is 28.6 Å². The van der Waals surface area contributed by atoms with Gasteiger partial charge in [-0.15, -0.1) is 10.2 Å². The standard InChI is InChI=1S/C25H22N4O3S/c1-16-7-6-8-19(15-16)24-28-27-23(32-24)18-13-11-17(12-14-18)22(30)26-20-9-4-5-10-21(20)33-25(31)29(2)3/h4-15H,1-3H3,(H,26,30). The summed E-state index contributed by atoms with van der Waals surface area (Å²) in [6.07, 6.45) is 0. The number of amides is 2. The monoisotopic (exact) mass is 458 g/mol. The molecule has 2 amide bonds. The molecule has 0 aliphatic rings. The molecule has 0 aliphatic carbocycles. The molecule has 0 spiro atoms. The van der Waals surface area contributed by atoms with Crippen molar-refractivity contribution in [2.24, 2.45) is 0 Å². The molecule has 0 aliphatic heterocycles. The Morgan fingerprint density at radius 1 is 0.879 bits per heavy atom. The summed E-state index contributed by atoms with van der Waals surface area (Å²) in [6, 6.07) is 22.0. The minimum Gasteiger partial charge on any atom is -0.416 e. The summed E-state index contributed by atoms with van der Waals surface area (Å²) < 4.78 is 5.82. The van der Waals surface area contributed by atoms with E-state index >= 15 is 0 Å². The maximum atomic E-state index is 12.8. The van der Waals surface area contributed by atoms with Crippen LogP contribution in [0.25, 0.3) is 22.9 Å². The molecule has 1 heterocycles. The zero-order chi connectivity index (χ0) is 23.4. The number of para-hydroxylation sites is 1. The van der Waals surface area contributed by atoms with Gasteiger partial charge in [0.25, 0.3) is 11.1 Å². The van der Waals surface area contributed by atoms with E-state index in [4.69, 9.17) is 4.42 Å². The molecule has 1 N–H and O–H groups in total. The summed E-state index contributed by atoms with van der Waals surface area (Å²) in [5, 5.41) is 11.0. The van der Waals surface area contributed by atoms with E-state index in [1.54, 1.807) is 50.5 Å². The molecule has 4 rings (SSSR count). The van der Waals surface area contributed by atoms with Gasteiger partial charge in [-0.05, 0) is 67.2 Å². The number of anilines is 1. The van der Waals surface area contributed by atoms with Gasteiger partial charge in [0.1, 0.15) is 0 Å². The van der Waals surface area contributed by atoms with Crippen molar-refractivity contribution in [3.05, 3.63) is 83.9 Å². The van der Waals surface area contributed by atoms with E-state index in [1.807, 2.05) is 43.3 Å². The summed E-state index contributed by atoms with van der Waals surface area (Å²) >= 11 is 1.06. The number of aromatic nitrogens is 2. The number of rotatable bonds is 5. The Labute approximate surface area is 195 Å². The SMILES string of the molecule is Cc1cccc(-c2nnc(-c3ccc(C(=O)Nc4ccccc4SC(=O)N(C)C)cc3)o2)c1. The Kier molecular flexibility index (Phi) is 6.55. The van der Waals surface area contributed by atoms with Gasteiger partial charge in [-0.1, -0.05) is 29.8 Å². The van der Waals surface area contributed by atoms with E-state index in [9.17, 15) is 9.59 Å². The highest BCUT2D eigenvalue weighted by molar-refractivity contribution is 8.13. The molecule has 33 heavy (non-hydrogen) atoms. The van der Waals surface area contributed by atoms with Crippen LogP contribution in [0, 0.1) is 6.92 Å². The van der Waals surface area contributed by atoms with Gasteiger partial charge >= 0.3 is 0 Å². The highest BCUT2D eigenvalue weighted by Crippen LogP contribution is 2.29. The van der Waals surface area contributed by atoms with Crippen LogP contribution in [-0.2, 0) is 0 Å². The second-order valence-electron chi connectivity index (χ2n) is 7.57. The van der Waals surface area contributed by atoms with Gasteiger partial charge < -0.3 is 14.6 Å². The first-order valence-corrected chi connectivity index (χ1v) is 11.0. The smallest absolute Gasteiger partial charge is 0.286 e. The molecule has 0 radical (unpaired) electrons. The lowest BCUT2D eigenvalue weighted by Gasteiger charge is -2.13. The zero-order valence-electron chi connectivity index (χ0n) is 18.4. The van der Waals surface area contributed by atoms with E-state index in [0.29, 0.717) is 33.5 Å². The zero-order valence-corrected chi connectivity index (χ0v) is 19.2. The van der Waals surface area contributed by atoms with E-state index in [-0.39, 0.29) is 11.1 Å². The Hall–Kier alpha value is -3.91. The van der Waals surface area contributed by atoms with Crippen LogP contribution in [-0.4, -0.2) is 40.3 Å². The number of carbonyl (C=O) groups is 2. The largest absolute Gasteiger partial charge is 0.416 e. The highest BCUT2D eigenvalue weighted by atomic mass is 32.2. The van der Waals surface area contributed by atoms with Gasteiger partial charge in [-0.3, -0.25) is 9.59 Å². The van der Waals surface area contributed by atoms with Crippen LogP contribution in [0.4, 0.5) is 10.5 Å². The minimum absolute atomic E-state index is 0.120. The summed E-state index contributed by atoms with van der Waals surface area (Å²) in [6.45, 7) is 2.00. The number of hydrogen-bond donors (Lipinski definition) is 1. The molecule has 166 valence electrons. The maximum absolute atomic E-state index is 12.8. The fraction of sp³-hybridized carbons (Fsp3) is 0.120. The van der Waals surface area contributed by atoms with Gasteiger partial charge in [-0.25, -0.2) is 0 Å². The number of nitrogens with zero attached hydrogens (tertiary/aromatic N) is 3. The molecule has 3 aromatic carbocycles. The molecular formula is C25H22N4O3S. The third-order valence-electron chi connectivity index (χ3n) is 4.78. The van der Waals surface area contributed by atoms with Crippen molar-refractivity contribution in [1.29, 1.82) is 0 Å². The van der Waals surface area contributed by atoms with Crippen molar-refractivity contribution in [2.75, 3.05) is 19.4 Å². The lowest BCUT2D eigenvalue weighted by Crippen LogP contribution is -2.17. The molecule has 0 atom stereocenters. The fourth-order valence-electron chi connectivity index (χ4n) is 3.04. The number of benzene rings is 3. The molecule has 7 nitrogen and oxygen atoms in total. The third kappa shape index (κ3) is 5.30. The van der Waals surface area contributed by atoms with Crippen molar-refractivity contribution in [3.63, 3.8) is 0 Å². The lowest BCUT2D eigenvalue weighted by molar-refractivity contribution is 0.102. The molecule has 1 aromatic heterocycles. The van der Waals surface area contributed by atoms with Gasteiger partial charge in [-0.2, -0.15) is 0 Å². The summed E-state index contributed by atoms with van der Waals surface area (Å²) in [5.41, 5.74) is 3.72. The first-order valence-electron chi connectivity index (χ1n) is 10.2. The van der Waals surface area contributed by atoms with Gasteiger partial charge in [0.05, 0.1) is 5.69 Å². The minimum atomic E-state index is -0.280. The average Bonchev–Trinajstić information content (AvgIpc) is 3.31. The Morgan fingerprint density at radius 2 is 1.58 bits per heavy atom. The van der Waals surface area contributed by atoms with Crippen molar-refractivity contribution < 1.29 is 14.0 Å². The number of carbonyl (C=O) groups excluding carboxylic acids is 2. The van der Waals surface area contributed by atoms with Gasteiger partial charge in [0, 0.05) is 35.7 Å². The number of thioether (sulfide) groups is 1. The quantitative estimate of drug-likeness (QED) is 0.384. The van der Waals surface area contributed by atoms with Crippen LogP contribution >= 0.6 is 11.8 Å². The van der Waals surface area contributed by atoms with Crippen LogP contribution in [0.2, 0.25) is 0 Å². The average molecular weight is 459 g/mol. The van der Waals surface area contributed by atoms with Crippen molar-refractivity contribution in [3.8, 4) is 22.9 Å². The number of nitrogens with one attached hydrogen (secondary N) is 1. The van der Waals surface area contributed by atoms with E-state index in [0.717, 1.165) is 22.9 Å². The first-order chi connectivity index (χ1) is 15.9. The maximum Gasteiger partial charge on any atom is 0.286 e. The van der Waals surface area contributed by atoms with Crippen LogP contribution in [0.5, 0.6) is 0 Å². The summed E-state index contributed by atoms with van der Waals surface area (Å²) in [7, 11) is 3.37. The van der Waals surface area contributed by atoms with Crippen molar-refractivity contribution in [2.45, 2.75) is 11.8 Å². The van der Waals surface area contributed by atoms with Crippen LogP contribution in [0.15, 0.2) is 82.1 Å². The number of aryl methyl sites for hydroxylation is 1. The van der Waals surface area contributed by atoms with Crippen LogP contribution < -0.4 is 5.32 Å². The Bertz CT molecular complexity index is 1300. The molecule has 0 saturated carbocycles. The summed E-state index contributed by atoms with van der Waals surface area (Å²) in [5.74, 6) is 0.539. The second-order valence-corrected chi connectivity index (χ2v) is 8.57. The van der Waals surface area contributed by atoms with E-state index in [2.05, 4.69) is 15.5 Å². The normalized spacial score (nSPS) is 10.6. The Balaban J connectivity index is 1.48. The highest BCUT2D eigenvalue weighted by Gasteiger charge is 2.15. The first kappa shape index (κ1) is 22.3. The molecule has 0 unspecified atom stereocenters. The lowest BCUT2D eigenvalue weighted by atomic mass is 10.1. The third-order valence-corrected chi connectivity index (χ3v) is 5.90. The molecule has 4 aromatic rings. The molecular weight excluding hydrogens is 436 g/mol. The topological polar surface area (TPSA) is 88.3 Å². The summed E-state index contributed by atoms with van der Waals surface area (Å²) in [4.78, 5) is 27.0. The van der Waals surface area contributed by atoms with E-state index in [1.165, 1.54) is 4.90 Å². The fourth-order valence-corrected chi connectivity index (χ4v) is 3.78. The predicted molar refractivity (Wildman–Crippen MR) is 129 cm³/mol. The van der Waals surface area contributed by atoms with Crippen LogP contribution in [0.3, 0.4) is 0 Å². The second kappa shape index (κ2) is 9.70. The molecule has 0 saturated heterocycles. The van der Waals surface area contributed by atoms with Crippen molar-refractivity contribution in [1.82, 2.24) is 15.1 Å². The van der Waals surface area contributed by atoms with Gasteiger partial charge in [0.15, 0.2) is 0 Å². The Morgan fingerprint density at radius 3 is 2.27 bits per heavy atom. The van der Waals surface area contributed by atoms with Gasteiger partial charge in [0.2, 0.25) is 11.8 Å². The van der Waals surface area contributed by atoms with E-state index < -0.39 is 0 Å². The molecule has 0 bridgehead atoms.